The second-order valence-electron chi connectivity index (χ2n) is 9.17. The smallest absolute Gasteiger partial charge is 0.338 e. The predicted octanol–water partition coefficient (Wildman–Crippen LogP) is 4.08. The van der Waals surface area contributed by atoms with Crippen molar-refractivity contribution in [3.05, 3.63) is 90.7 Å². The number of fused-ring (bicyclic) bond motifs is 2. The van der Waals surface area contributed by atoms with Gasteiger partial charge >= 0.3 is 5.97 Å². The van der Waals surface area contributed by atoms with Crippen LogP contribution in [0.15, 0.2) is 69.7 Å². The average molecular weight is 532 g/mol. The molecular weight excluding hydrogens is 502 g/mol. The van der Waals surface area contributed by atoms with Crippen molar-refractivity contribution in [1.82, 2.24) is 9.55 Å². The zero-order valence-corrected chi connectivity index (χ0v) is 22.7. The van der Waals surface area contributed by atoms with Crippen molar-refractivity contribution in [2.45, 2.75) is 39.8 Å². The average Bonchev–Trinajstić information content (AvgIpc) is 3.44. The van der Waals surface area contributed by atoms with Gasteiger partial charge in [-0.25, -0.2) is 9.79 Å². The first kappa shape index (κ1) is 25.5. The molecule has 1 aliphatic rings. The number of carbonyl (C=O) groups is 1. The fraction of sp³-hybridized carbons (Fsp3) is 0.276. The molecule has 1 N–H and O–H groups in total. The number of H-pyrrole nitrogens is 1. The van der Waals surface area contributed by atoms with E-state index in [0.717, 1.165) is 16.5 Å². The number of ether oxygens (including phenoxy) is 3. The van der Waals surface area contributed by atoms with Crippen molar-refractivity contribution >= 4 is 34.3 Å². The summed E-state index contributed by atoms with van der Waals surface area (Å²) in [6.07, 6.45) is 3.70. The Kier molecular flexibility index (Phi) is 6.94. The largest absolute Gasteiger partial charge is 0.493 e. The molecule has 38 heavy (non-hydrogen) atoms. The van der Waals surface area contributed by atoms with E-state index < -0.39 is 12.0 Å². The van der Waals surface area contributed by atoms with Crippen LogP contribution < -0.4 is 24.4 Å². The van der Waals surface area contributed by atoms with E-state index in [1.807, 2.05) is 56.5 Å². The van der Waals surface area contributed by atoms with Crippen LogP contribution in [0.5, 0.6) is 11.5 Å². The quantitative estimate of drug-likeness (QED) is 0.363. The lowest BCUT2D eigenvalue weighted by Crippen LogP contribution is -2.40. The number of nitrogens with zero attached hydrogens (tertiary/aromatic N) is 2. The number of rotatable bonds is 7. The highest BCUT2D eigenvalue weighted by Gasteiger charge is 2.34. The predicted molar refractivity (Wildman–Crippen MR) is 147 cm³/mol. The van der Waals surface area contributed by atoms with Gasteiger partial charge in [-0.1, -0.05) is 35.6 Å². The first-order valence-corrected chi connectivity index (χ1v) is 13.2. The molecule has 2 aromatic heterocycles. The van der Waals surface area contributed by atoms with E-state index in [1.165, 1.54) is 11.3 Å². The van der Waals surface area contributed by atoms with Gasteiger partial charge in [0.05, 0.1) is 41.7 Å². The van der Waals surface area contributed by atoms with Crippen molar-refractivity contribution in [3.8, 4) is 11.5 Å². The van der Waals surface area contributed by atoms with Crippen LogP contribution in [0.25, 0.3) is 17.0 Å². The van der Waals surface area contributed by atoms with Gasteiger partial charge in [-0.3, -0.25) is 9.36 Å². The third-order valence-corrected chi connectivity index (χ3v) is 7.27. The number of carbonyl (C=O) groups excluding carboxylic acids is 1. The molecule has 196 valence electrons. The fourth-order valence-corrected chi connectivity index (χ4v) is 5.70. The molecule has 5 rings (SSSR count). The van der Waals surface area contributed by atoms with Gasteiger partial charge in [-0.15, -0.1) is 0 Å². The number of aromatic nitrogens is 2. The Morgan fingerprint density at radius 1 is 1.21 bits per heavy atom. The van der Waals surface area contributed by atoms with Gasteiger partial charge in [0, 0.05) is 22.7 Å². The van der Waals surface area contributed by atoms with Gasteiger partial charge in [-0.05, 0) is 57.5 Å². The number of aromatic amines is 1. The number of para-hydroxylation sites is 1. The molecule has 0 saturated heterocycles. The van der Waals surface area contributed by atoms with Gasteiger partial charge in [0.25, 0.3) is 5.56 Å². The summed E-state index contributed by atoms with van der Waals surface area (Å²) in [5.74, 6) is 0.581. The molecule has 0 saturated carbocycles. The van der Waals surface area contributed by atoms with Gasteiger partial charge in [0.15, 0.2) is 16.3 Å². The summed E-state index contributed by atoms with van der Waals surface area (Å²) in [7, 11) is 1.56. The number of nitrogens with one attached hydrogen (secondary N) is 1. The number of hydrogen-bond donors (Lipinski definition) is 1. The van der Waals surface area contributed by atoms with Gasteiger partial charge < -0.3 is 19.2 Å². The highest BCUT2D eigenvalue weighted by molar-refractivity contribution is 7.07. The third-order valence-electron chi connectivity index (χ3n) is 6.29. The van der Waals surface area contributed by atoms with Crippen molar-refractivity contribution < 1.29 is 19.0 Å². The van der Waals surface area contributed by atoms with Crippen LogP contribution in [0, 0.1) is 0 Å². The molecule has 4 aromatic rings. The van der Waals surface area contributed by atoms with Gasteiger partial charge in [0.2, 0.25) is 0 Å². The molecular formula is C29H29N3O5S. The van der Waals surface area contributed by atoms with Crippen molar-refractivity contribution in [3.63, 3.8) is 0 Å². The van der Waals surface area contributed by atoms with E-state index in [0.29, 0.717) is 37.7 Å². The molecule has 0 bridgehead atoms. The van der Waals surface area contributed by atoms with E-state index in [4.69, 9.17) is 14.2 Å². The molecule has 0 spiro atoms. The normalized spacial score (nSPS) is 15.5. The topological polar surface area (TPSA) is 94.9 Å². The van der Waals surface area contributed by atoms with E-state index in [9.17, 15) is 9.59 Å². The highest BCUT2D eigenvalue weighted by atomic mass is 32.1. The molecule has 0 unspecified atom stereocenters. The summed E-state index contributed by atoms with van der Waals surface area (Å²) in [6.45, 7) is 7.59. The second kappa shape index (κ2) is 10.3. The Balaban J connectivity index is 1.72. The van der Waals surface area contributed by atoms with Crippen molar-refractivity contribution in [1.29, 1.82) is 0 Å². The molecule has 0 fully saturated rings. The fourth-order valence-electron chi connectivity index (χ4n) is 4.67. The van der Waals surface area contributed by atoms with Crippen LogP contribution in [0.2, 0.25) is 0 Å². The Bertz CT molecular complexity index is 1740. The summed E-state index contributed by atoms with van der Waals surface area (Å²) in [5.41, 5.74) is 3.17. The lowest BCUT2D eigenvalue weighted by Gasteiger charge is -2.25. The van der Waals surface area contributed by atoms with Crippen LogP contribution in [0.3, 0.4) is 0 Å². The number of hydrogen-bond acceptors (Lipinski definition) is 7. The second-order valence-corrected chi connectivity index (χ2v) is 10.2. The van der Waals surface area contributed by atoms with Crippen LogP contribution in [-0.4, -0.2) is 35.3 Å². The SMILES string of the molecule is CCOC(=O)C1=C(C)N=c2s/c(=C\c3c[nH]c4ccccc34)c(=O)n2[C@H]1c1ccc(OC(C)C)c(OC)c1. The van der Waals surface area contributed by atoms with Crippen molar-refractivity contribution in [2.24, 2.45) is 4.99 Å². The summed E-state index contributed by atoms with van der Waals surface area (Å²) >= 11 is 1.29. The van der Waals surface area contributed by atoms with E-state index >= 15 is 0 Å². The summed E-state index contributed by atoms with van der Waals surface area (Å²) in [4.78, 5) is 35.5. The molecule has 1 atom stereocenters. The van der Waals surface area contributed by atoms with E-state index in [2.05, 4.69) is 9.98 Å². The number of benzene rings is 2. The Labute approximate surface area is 223 Å². The zero-order chi connectivity index (χ0) is 27.0. The Morgan fingerprint density at radius 2 is 2.00 bits per heavy atom. The molecule has 9 heteroatoms. The van der Waals surface area contributed by atoms with Gasteiger partial charge in [0.1, 0.15) is 0 Å². The molecule has 3 heterocycles. The monoisotopic (exact) mass is 531 g/mol. The number of esters is 1. The van der Waals surface area contributed by atoms with Crippen molar-refractivity contribution in [2.75, 3.05) is 13.7 Å². The van der Waals surface area contributed by atoms with E-state index in [-0.39, 0.29) is 18.3 Å². The summed E-state index contributed by atoms with van der Waals surface area (Å²) in [5, 5.41) is 1.02. The molecule has 1 aliphatic heterocycles. The zero-order valence-electron chi connectivity index (χ0n) is 21.9. The number of methoxy groups -OCH3 is 1. The van der Waals surface area contributed by atoms with Gasteiger partial charge in [-0.2, -0.15) is 0 Å². The highest BCUT2D eigenvalue weighted by Crippen LogP contribution is 2.36. The third kappa shape index (κ3) is 4.54. The Morgan fingerprint density at radius 3 is 2.74 bits per heavy atom. The molecule has 2 aromatic carbocycles. The molecule has 8 nitrogen and oxygen atoms in total. The number of allylic oxidation sites excluding steroid dienone is 1. The maximum atomic E-state index is 13.9. The van der Waals surface area contributed by atoms with E-state index in [1.54, 1.807) is 37.7 Å². The Hall–Kier alpha value is -4.11. The lowest BCUT2D eigenvalue weighted by atomic mass is 9.95. The van der Waals surface area contributed by atoms with Crippen LogP contribution in [0.4, 0.5) is 0 Å². The standard InChI is InChI=1S/C29H29N3O5S/c1-6-36-28(34)25-17(4)31-29-32(26(25)18-11-12-22(37-16(2)3)23(13-18)35-5)27(33)24(38-29)14-19-15-30-21-10-8-7-9-20(19)21/h7-16,26,30H,6H2,1-5H3/b24-14-/t26-/m0/s1. The molecule has 0 amide bonds. The minimum Gasteiger partial charge on any atom is -0.493 e. The summed E-state index contributed by atoms with van der Waals surface area (Å²) in [6, 6.07) is 12.6. The minimum absolute atomic E-state index is 0.0471. The first-order chi connectivity index (χ1) is 18.3. The van der Waals surface area contributed by atoms with Crippen LogP contribution >= 0.6 is 11.3 Å². The van der Waals surface area contributed by atoms with Crippen LogP contribution in [-0.2, 0) is 9.53 Å². The summed E-state index contributed by atoms with van der Waals surface area (Å²) < 4.78 is 19.0. The minimum atomic E-state index is -0.739. The maximum Gasteiger partial charge on any atom is 0.338 e. The van der Waals surface area contributed by atoms with Crippen LogP contribution in [0.1, 0.15) is 44.9 Å². The lowest BCUT2D eigenvalue weighted by molar-refractivity contribution is -0.139. The molecule has 0 aliphatic carbocycles. The number of thiazole rings is 1. The first-order valence-electron chi connectivity index (χ1n) is 12.4. The molecule has 0 radical (unpaired) electrons. The maximum absolute atomic E-state index is 13.9.